The molecular formula is C17H21NO3. The maximum Gasteiger partial charge on any atom is 0.235 e. The first-order valence-corrected chi connectivity index (χ1v) is 7.72. The number of benzene rings is 1. The Balaban J connectivity index is 1.94. The molecule has 0 bridgehead atoms. The van der Waals surface area contributed by atoms with Crippen LogP contribution in [0.1, 0.15) is 50.5 Å². The van der Waals surface area contributed by atoms with Crippen molar-refractivity contribution in [3.8, 4) is 11.5 Å². The van der Waals surface area contributed by atoms with E-state index >= 15 is 0 Å². The molecule has 4 heteroatoms. The van der Waals surface area contributed by atoms with Gasteiger partial charge in [0.15, 0.2) is 11.5 Å². The van der Waals surface area contributed by atoms with Gasteiger partial charge in [-0.25, -0.2) is 4.79 Å². The Kier molecular flexibility index (Phi) is 3.98. The van der Waals surface area contributed by atoms with E-state index in [1.165, 1.54) is 6.42 Å². The highest BCUT2D eigenvalue weighted by molar-refractivity contribution is 5.47. The Morgan fingerprint density at radius 3 is 2.52 bits per heavy atom. The van der Waals surface area contributed by atoms with Gasteiger partial charge in [0.1, 0.15) is 0 Å². The summed E-state index contributed by atoms with van der Waals surface area (Å²) in [5.74, 6) is 1.51. The molecule has 2 fully saturated rings. The van der Waals surface area contributed by atoms with Gasteiger partial charge in [0.2, 0.25) is 6.08 Å². The predicted molar refractivity (Wildman–Crippen MR) is 79.5 cm³/mol. The number of isocyanates is 1. The molecule has 0 N–H and O–H groups in total. The molecule has 2 saturated carbocycles. The lowest BCUT2D eigenvalue weighted by Crippen LogP contribution is -2.25. The van der Waals surface area contributed by atoms with Crippen molar-refractivity contribution in [2.75, 3.05) is 7.11 Å². The number of hydrogen-bond acceptors (Lipinski definition) is 4. The maximum atomic E-state index is 10.8. The second-order valence-electron chi connectivity index (χ2n) is 5.98. The molecule has 0 saturated heterocycles. The molecule has 2 aliphatic carbocycles. The summed E-state index contributed by atoms with van der Waals surface area (Å²) < 4.78 is 11.4. The molecule has 3 rings (SSSR count). The maximum absolute atomic E-state index is 10.8. The third kappa shape index (κ3) is 2.68. The molecule has 0 aromatic heterocycles. The fraction of sp³-hybridized carbons (Fsp3) is 0.588. The number of aliphatic imine (C=N–C) groups is 1. The second-order valence-corrected chi connectivity index (χ2v) is 5.98. The summed E-state index contributed by atoms with van der Waals surface area (Å²) in [7, 11) is 1.65. The zero-order chi connectivity index (χ0) is 14.7. The highest BCUT2D eigenvalue weighted by Crippen LogP contribution is 2.45. The molecule has 0 amide bonds. The number of rotatable bonds is 5. The highest BCUT2D eigenvalue weighted by atomic mass is 16.5. The largest absolute Gasteiger partial charge is 0.493 e. The van der Waals surface area contributed by atoms with E-state index in [-0.39, 0.29) is 0 Å². The normalized spacial score (nSPS) is 20.4. The number of ether oxygens (including phenoxy) is 2. The molecule has 21 heavy (non-hydrogen) atoms. The van der Waals surface area contributed by atoms with Gasteiger partial charge in [0.25, 0.3) is 0 Å². The predicted octanol–water partition coefficient (Wildman–Crippen LogP) is 3.73. The standard InChI is InChI=1S/C17H21NO3/c1-20-15-8-7-13(11-16(15)21-14-5-4-6-14)17(18-12-19)9-2-3-10-17/h7-8,11,14H,2-6,9-10H2,1H3. The van der Waals surface area contributed by atoms with Crippen molar-refractivity contribution >= 4 is 6.08 Å². The lowest BCUT2D eigenvalue weighted by atomic mass is 9.88. The molecule has 0 radical (unpaired) electrons. The number of nitrogens with zero attached hydrogens (tertiary/aromatic N) is 1. The summed E-state index contributed by atoms with van der Waals surface area (Å²) in [5.41, 5.74) is 0.629. The van der Waals surface area contributed by atoms with Crippen LogP contribution in [-0.4, -0.2) is 19.3 Å². The van der Waals surface area contributed by atoms with E-state index in [1.807, 2.05) is 18.2 Å². The molecule has 0 atom stereocenters. The molecule has 112 valence electrons. The van der Waals surface area contributed by atoms with Gasteiger partial charge in [-0.1, -0.05) is 18.9 Å². The summed E-state index contributed by atoms with van der Waals surface area (Å²) in [4.78, 5) is 15.0. The Hall–Kier alpha value is -1.80. The van der Waals surface area contributed by atoms with Crippen molar-refractivity contribution in [2.45, 2.75) is 56.6 Å². The third-order valence-corrected chi connectivity index (χ3v) is 4.74. The highest BCUT2D eigenvalue weighted by Gasteiger charge is 2.36. The average molecular weight is 287 g/mol. The van der Waals surface area contributed by atoms with Crippen molar-refractivity contribution in [1.29, 1.82) is 0 Å². The first-order valence-electron chi connectivity index (χ1n) is 7.72. The minimum atomic E-state index is -0.411. The average Bonchev–Trinajstić information content (AvgIpc) is 2.93. The Bertz CT molecular complexity index is 553. The molecule has 0 unspecified atom stereocenters. The molecule has 2 aliphatic rings. The van der Waals surface area contributed by atoms with Gasteiger partial charge in [-0.2, -0.15) is 4.99 Å². The van der Waals surface area contributed by atoms with Gasteiger partial charge < -0.3 is 9.47 Å². The van der Waals surface area contributed by atoms with E-state index in [1.54, 1.807) is 13.2 Å². The van der Waals surface area contributed by atoms with E-state index in [0.717, 1.165) is 55.6 Å². The molecular weight excluding hydrogens is 266 g/mol. The summed E-state index contributed by atoms with van der Waals surface area (Å²) >= 11 is 0. The molecule has 4 nitrogen and oxygen atoms in total. The minimum Gasteiger partial charge on any atom is -0.493 e. The first-order chi connectivity index (χ1) is 10.3. The van der Waals surface area contributed by atoms with Gasteiger partial charge in [0.05, 0.1) is 18.8 Å². The SMILES string of the molecule is COc1ccc(C2(N=C=O)CCCC2)cc1OC1CCC1. The van der Waals surface area contributed by atoms with Crippen LogP contribution in [-0.2, 0) is 10.3 Å². The van der Waals surface area contributed by atoms with Crippen molar-refractivity contribution in [1.82, 2.24) is 0 Å². The number of hydrogen-bond donors (Lipinski definition) is 0. The number of methoxy groups -OCH3 is 1. The molecule has 0 heterocycles. The van der Waals surface area contributed by atoms with Crippen LogP contribution < -0.4 is 9.47 Å². The van der Waals surface area contributed by atoms with Crippen LogP contribution in [0.15, 0.2) is 23.2 Å². The molecule has 1 aromatic carbocycles. The van der Waals surface area contributed by atoms with E-state index in [0.29, 0.717) is 6.10 Å². The van der Waals surface area contributed by atoms with E-state index in [2.05, 4.69) is 4.99 Å². The van der Waals surface area contributed by atoms with E-state index in [9.17, 15) is 4.79 Å². The summed E-state index contributed by atoms with van der Waals surface area (Å²) in [6.45, 7) is 0. The molecule has 0 spiro atoms. The molecule has 0 aliphatic heterocycles. The van der Waals surface area contributed by atoms with Crippen LogP contribution >= 0.6 is 0 Å². The summed E-state index contributed by atoms with van der Waals surface area (Å²) in [6.07, 6.45) is 9.48. The van der Waals surface area contributed by atoms with Crippen molar-refractivity contribution < 1.29 is 14.3 Å². The fourth-order valence-corrected chi connectivity index (χ4v) is 3.24. The van der Waals surface area contributed by atoms with Gasteiger partial charge in [-0.15, -0.1) is 0 Å². The topological polar surface area (TPSA) is 47.9 Å². The first kappa shape index (κ1) is 14.2. The lowest BCUT2D eigenvalue weighted by Gasteiger charge is -2.29. The van der Waals surface area contributed by atoms with Gasteiger partial charge in [-0.3, -0.25) is 0 Å². The zero-order valence-electron chi connectivity index (χ0n) is 12.4. The summed E-state index contributed by atoms with van der Waals surface area (Å²) in [5, 5.41) is 0. The monoisotopic (exact) mass is 287 g/mol. The third-order valence-electron chi connectivity index (χ3n) is 4.74. The van der Waals surface area contributed by atoms with Crippen molar-refractivity contribution in [3.05, 3.63) is 23.8 Å². The zero-order valence-corrected chi connectivity index (χ0v) is 12.4. The number of carbonyl (C=O) groups excluding carboxylic acids is 1. The van der Waals surface area contributed by atoms with E-state index in [4.69, 9.17) is 9.47 Å². The van der Waals surface area contributed by atoms with Crippen molar-refractivity contribution in [3.63, 3.8) is 0 Å². The fourth-order valence-electron chi connectivity index (χ4n) is 3.24. The Morgan fingerprint density at radius 2 is 1.95 bits per heavy atom. The van der Waals surface area contributed by atoms with Crippen LogP contribution in [0.5, 0.6) is 11.5 Å². The quantitative estimate of drug-likeness (QED) is 0.612. The van der Waals surface area contributed by atoms with Crippen LogP contribution in [0.25, 0.3) is 0 Å². The molecule has 1 aromatic rings. The van der Waals surface area contributed by atoms with Crippen LogP contribution in [0, 0.1) is 0 Å². The second kappa shape index (κ2) is 5.90. The van der Waals surface area contributed by atoms with Crippen LogP contribution in [0.4, 0.5) is 0 Å². The summed E-state index contributed by atoms with van der Waals surface area (Å²) in [6, 6.07) is 5.92. The van der Waals surface area contributed by atoms with Gasteiger partial charge >= 0.3 is 0 Å². The van der Waals surface area contributed by atoms with Crippen molar-refractivity contribution in [2.24, 2.45) is 4.99 Å². The lowest BCUT2D eigenvalue weighted by molar-refractivity contribution is 0.116. The van der Waals surface area contributed by atoms with E-state index < -0.39 is 5.54 Å². The van der Waals surface area contributed by atoms with Crippen LogP contribution in [0.2, 0.25) is 0 Å². The Morgan fingerprint density at radius 1 is 1.19 bits per heavy atom. The van der Waals surface area contributed by atoms with Gasteiger partial charge in [0, 0.05) is 0 Å². The minimum absolute atomic E-state index is 0.295. The smallest absolute Gasteiger partial charge is 0.235 e. The van der Waals surface area contributed by atoms with Crippen LogP contribution in [0.3, 0.4) is 0 Å². The Labute approximate surface area is 125 Å². The van der Waals surface area contributed by atoms with Gasteiger partial charge in [-0.05, 0) is 49.8 Å².